The molecule has 0 unspecified atom stereocenters. The van der Waals surface area contributed by atoms with Crippen molar-refractivity contribution >= 4 is 0 Å². The maximum absolute atomic E-state index is 10.4. The van der Waals surface area contributed by atoms with Crippen molar-refractivity contribution in [1.29, 1.82) is 5.26 Å². The van der Waals surface area contributed by atoms with Crippen molar-refractivity contribution in [3.05, 3.63) is 82.9 Å². The van der Waals surface area contributed by atoms with Crippen molar-refractivity contribution < 1.29 is 9.84 Å². The molecule has 0 saturated heterocycles. The van der Waals surface area contributed by atoms with Gasteiger partial charge in [0.2, 0.25) is 11.8 Å². The first-order valence-electron chi connectivity index (χ1n) is 8.12. The molecule has 0 radical (unpaired) electrons. The predicted molar refractivity (Wildman–Crippen MR) is 95.7 cm³/mol. The van der Waals surface area contributed by atoms with Gasteiger partial charge in [0.05, 0.1) is 22.9 Å². The van der Waals surface area contributed by atoms with Gasteiger partial charge in [0, 0.05) is 5.56 Å². The van der Waals surface area contributed by atoms with E-state index in [0.29, 0.717) is 17.1 Å². The number of rotatable bonds is 2. The van der Waals surface area contributed by atoms with Crippen molar-refractivity contribution in [3.63, 3.8) is 0 Å². The lowest BCUT2D eigenvalue weighted by molar-refractivity contribution is 0.366. The van der Waals surface area contributed by atoms with Gasteiger partial charge in [0.15, 0.2) is 0 Å². The van der Waals surface area contributed by atoms with Gasteiger partial charge in [-0.1, -0.05) is 36.4 Å². The summed E-state index contributed by atoms with van der Waals surface area (Å²) in [4.78, 5) is 0. The molecule has 0 aliphatic carbocycles. The second-order valence-electron chi connectivity index (χ2n) is 6.04. The fourth-order valence-corrected chi connectivity index (χ4v) is 3.30. The minimum atomic E-state index is -0.539. The summed E-state index contributed by atoms with van der Waals surface area (Å²) >= 11 is 0. The summed E-state index contributed by atoms with van der Waals surface area (Å²) < 4.78 is 7.45. The lowest BCUT2D eigenvalue weighted by Crippen LogP contribution is -2.22. The van der Waals surface area contributed by atoms with Gasteiger partial charge in [0.25, 0.3) is 0 Å². The number of hydrogen-bond donors (Lipinski definition) is 2. The van der Waals surface area contributed by atoms with Crippen LogP contribution < -0.4 is 10.5 Å². The quantitative estimate of drug-likeness (QED) is 0.744. The van der Waals surface area contributed by atoms with Gasteiger partial charge in [-0.05, 0) is 25.1 Å². The van der Waals surface area contributed by atoms with E-state index in [-0.39, 0.29) is 17.2 Å². The zero-order valence-electron chi connectivity index (χ0n) is 14.0. The number of allylic oxidation sites excluding steroid dienone is 1. The van der Waals surface area contributed by atoms with Crippen LogP contribution in [0.15, 0.2) is 66.1 Å². The van der Waals surface area contributed by atoms with Crippen LogP contribution in [0, 0.1) is 18.3 Å². The molecule has 2 heterocycles. The number of benzene rings is 2. The fourth-order valence-electron chi connectivity index (χ4n) is 3.30. The molecular formula is C20H16N4O2. The summed E-state index contributed by atoms with van der Waals surface area (Å²) in [6, 6.07) is 18.6. The Labute approximate surface area is 150 Å². The summed E-state index contributed by atoms with van der Waals surface area (Å²) in [6.07, 6.45) is 0. The van der Waals surface area contributed by atoms with E-state index >= 15 is 0 Å². The number of aryl methyl sites for hydroxylation is 1. The lowest BCUT2D eigenvalue weighted by atomic mass is 9.83. The number of phenolic OH excluding ortho intramolecular Hbond substituents is 1. The predicted octanol–water partition coefficient (Wildman–Crippen LogP) is 3.10. The molecule has 3 aromatic rings. The number of nitriles is 1. The molecule has 3 N–H and O–H groups in total. The number of nitrogens with zero attached hydrogens (tertiary/aromatic N) is 3. The first kappa shape index (κ1) is 15.8. The molecule has 1 atom stereocenters. The summed E-state index contributed by atoms with van der Waals surface area (Å²) in [7, 11) is 0. The van der Waals surface area contributed by atoms with Crippen LogP contribution in [-0.4, -0.2) is 14.9 Å². The zero-order valence-corrected chi connectivity index (χ0v) is 14.0. The van der Waals surface area contributed by atoms with E-state index in [2.05, 4.69) is 11.2 Å². The van der Waals surface area contributed by atoms with Crippen molar-refractivity contribution in [2.24, 2.45) is 5.73 Å². The van der Waals surface area contributed by atoms with E-state index in [1.807, 2.05) is 43.3 Å². The second-order valence-corrected chi connectivity index (χ2v) is 6.04. The first-order chi connectivity index (χ1) is 12.6. The van der Waals surface area contributed by atoms with Crippen LogP contribution in [0.1, 0.15) is 22.7 Å². The number of para-hydroxylation sites is 2. The first-order valence-corrected chi connectivity index (χ1v) is 8.12. The Bertz CT molecular complexity index is 1060. The highest BCUT2D eigenvalue weighted by Gasteiger charge is 2.37. The molecule has 6 heteroatoms. The molecule has 1 aliphatic heterocycles. The third-order valence-corrected chi connectivity index (χ3v) is 4.48. The standard InChI is InChI=1S/C20H16N4O2/c1-12-17-18(14-9-5-6-10-16(14)25)15(11-21)19(22)26-20(17)24(23-12)13-7-3-2-4-8-13/h2-10,18,25H,22H2,1H3/t18-/m1/s1. The summed E-state index contributed by atoms with van der Waals surface area (Å²) in [5, 5.41) is 24.6. The summed E-state index contributed by atoms with van der Waals surface area (Å²) in [5.74, 6) is 0.0314. The van der Waals surface area contributed by atoms with Gasteiger partial charge in [-0.15, -0.1) is 0 Å². The number of aromatic hydroxyl groups is 1. The van der Waals surface area contributed by atoms with Crippen LogP contribution in [0.5, 0.6) is 11.6 Å². The van der Waals surface area contributed by atoms with Gasteiger partial charge >= 0.3 is 0 Å². The van der Waals surface area contributed by atoms with Gasteiger partial charge in [0.1, 0.15) is 17.4 Å². The normalized spacial score (nSPS) is 15.9. The highest BCUT2D eigenvalue weighted by Crippen LogP contribution is 2.46. The largest absolute Gasteiger partial charge is 0.508 e. The Morgan fingerprint density at radius 1 is 1.15 bits per heavy atom. The van der Waals surface area contributed by atoms with E-state index in [9.17, 15) is 10.4 Å². The van der Waals surface area contributed by atoms with Crippen molar-refractivity contribution in [2.45, 2.75) is 12.8 Å². The van der Waals surface area contributed by atoms with Crippen LogP contribution in [0.25, 0.3) is 5.69 Å². The molecule has 1 aromatic heterocycles. The SMILES string of the molecule is Cc1nn(-c2ccccc2)c2c1[C@H](c1ccccc1O)C(C#N)=C(N)O2. The van der Waals surface area contributed by atoms with Gasteiger partial charge in [-0.2, -0.15) is 10.4 Å². The van der Waals surface area contributed by atoms with Gasteiger partial charge in [-0.25, -0.2) is 4.68 Å². The number of ether oxygens (including phenoxy) is 1. The fraction of sp³-hybridized carbons (Fsp3) is 0.100. The number of aromatic nitrogens is 2. The molecule has 0 spiro atoms. The molecule has 26 heavy (non-hydrogen) atoms. The van der Waals surface area contributed by atoms with E-state index < -0.39 is 5.92 Å². The van der Waals surface area contributed by atoms with Crippen LogP contribution in [-0.2, 0) is 0 Å². The van der Waals surface area contributed by atoms with Crippen LogP contribution in [0.2, 0.25) is 0 Å². The van der Waals surface area contributed by atoms with Crippen LogP contribution in [0.3, 0.4) is 0 Å². The highest BCUT2D eigenvalue weighted by atomic mass is 16.5. The molecule has 4 rings (SSSR count). The smallest absolute Gasteiger partial charge is 0.229 e. The summed E-state index contributed by atoms with van der Waals surface area (Å²) in [6.45, 7) is 1.85. The molecule has 0 amide bonds. The topological polar surface area (TPSA) is 97.1 Å². The van der Waals surface area contributed by atoms with Crippen molar-refractivity contribution in [1.82, 2.24) is 9.78 Å². The molecule has 0 bridgehead atoms. The minimum absolute atomic E-state index is 0.0188. The Kier molecular flexibility index (Phi) is 3.63. The van der Waals surface area contributed by atoms with E-state index in [1.165, 1.54) is 0 Å². The number of nitrogens with two attached hydrogens (primary N) is 1. The number of phenols is 1. The monoisotopic (exact) mass is 344 g/mol. The average molecular weight is 344 g/mol. The number of fused-ring (bicyclic) bond motifs is 1. The van der Waals surface area contributed by atoms with Crippen LogP contribution >= 0.6 is 0 Å². The molecule has 1 aliphatic rings. The number of hydrogen-bond acceptors (Lipinski definition) is 5. The Balaban J connectivity index is 1.99. The molecule has 0 saturated carbocycles. The summed E-state index contributed by atoms with van der Waals surface area (Å²) in [5.41, 5.74) is 9.15. The maximum atomic E-state index is 10.4. The van der Waals surface area contributed by atoms with Gasteiger partial charge in [-0.3, -0.25) is 0 Å². The van der Waals surface area contributed by atoms with E-state index in [1.54, 1.807) is 22.9 Å². The third kappa shape index (κ3) is 2.30. The van der Waals surface area contributed by atoms with Crippen molar-refractivity contribution in [3.8, 4) is 23.4 Å². The molecule has 6 nitrogen and oxygen atoms in total. The van der Waals surface area contributed by atoms with Gasteiger partial charge < -0.3 is 15.6 Å². The minimum Gasteiger partial charge on any atom is -0.508 e. The molecule has 128 valence electrons. The lowest BCUT2D eigenvalue weighted by Gasteiger charge is -2.25. The maximum Gasteiger partial charge on any atom is 0.229 e. The Morgan fingerprint density at radius 2 is 1.85 bits per heavy atom. The second kappa shape index (κ2) is 5.97. The molecular weight excluding hydrogens is 328 g/mol. The van der Waals surface area contributed by atoms with E-state index in [4.69, 9.17) is 10.5 Å². The van der Waals surface area contributed by atoms with Crippen molar-refractivity contribution in [2.75, 3.05) is 0 Å². The van der Waals surface area contributed by atoms with E-state index in [0.717, 1.165) is 11.3 Å². The molecule has 2 aromatic carbocycles. The molecule has 0 fully saturated rings. The Hall–Kier alpha value is -3.72. The average Bonchev–Trinajstić information content (AvgIpc) is 2.98. The zero-order chi connectivity index (χ0) is 18.3. The third-order valence-electron chi connectivity index (χ3n) is 4.48. The Morgan fingerprint density at radius 3 is 2.54 bits per heavy atom. The highest BCUT2D eigenvalue weighted by molar-refractivity contribution is 5.59. The van der Waals surface area contributed by atoms with Crippen LogP contribution in [0.4, 0.5) is 0 Å².